The molecule has 0 spiro atoms. The molecule has 2 aliphatic carbocycles. The summed E-state index contributed by atoms with van der Waals surface area (Å²) < 4.78 is 0. The summed E-state index contributed by atoms with van der Waals surface area (Å²) in [7, 11) is 0. The topological polar surface area (TPSA) is 94.8 Å². The fourth-order valence-electron chi connectivity index (χ4n) is 4.23. The van der Waals surface area contributed by atoms with Crippen LogP contribution in [0.1, 0.15) is 77.6 Å². The van der Waals surface area contributed by atoms with Crippen LogP contribution in [0.3, 0.4) is 0 Å². The molecule has 2 rings (SSSR count). The number of carbonyl (C=O) groups is 2. The Balaban J connectivity index is 1.82. The molecule has 2 aliphatic rings. The van der Waals surface area contributed by atoms with Crippen molar-refractivity contribution in [3.8, 4) is 0 Å². The summed E-state index contributed by atoms with van der Waals surface area (Å²) in [6.45, 7) is 2.15. The van der Waals surface area contributed by atoms with Crippen LogP contribution in [0.5, 0.6) is 0 Å². The third-order valence-electron chi connectivity index (χ3n) is 6.26. The van der Waals surface area contributed by atoms with E-state index in [9.17, 15) is 19.8 Å². The Bertz CT molecular complexity index is 578. The molecular formula is C23H36O5. The zero-order valence-electron chi connectivity index (χ0n) is 17.1. The second-order valence-corrected chi connectivity index (χ2v) is 8.53. The highest BCUT2D eigenvalue weighted by atomic mass is 16.4. The zero-order chi connectivity index (χ0) is 20.6. The Morgan fingerprint density at radius 3 is 2.64 bits per heavy atom. The molecule has 158 valence electrons. The number of unbranched alkanes of at least 4 members (excludes halogenated alkanes) is 1. The number of allylic oxidation sites excluding steroid dienone is 3. The minimum atomic E-state index is -1.33. The number of carbonyl (C=O) groups excluding carboxylic acids is 1. The van der Waals surface area contributed by atoms with E-state index in [2.05, 4.69) is 19.1 Å². The number of carboxylic acid groups (broad SMARTS) is 1. The monoisotopic (exact) mass is 392 g/mol. The fourth-order valence-corrected chi connectivity index (χ4v) is 4.23. The number of aliphatic carboxylic acids is 1. The van der Waals surface area contributed by atoms with Gasteiger partial charge < -0.3 is 15.3 Å². The average molecular weight is 393 g/mol. The van der Waals surface area contributed by atoms with Crippen LogP contribution in [-0.4, -0.2) is 38.8 Å². The van der Waals surface area contributed by atoms with E-state index in [1.807, 2.05) is 12.2 Å². The highest BCUT2D eigenvalue weighted by Crippen LogP contribution is 2.44. The molecule has 2 saturated carbocycles. The summed E-state index contributed by atoms with van der Waals surface area (Å²) in [6.07, 6.45) is 15.4. The van der Waals surface area contributed by atoms with Crippen LogP contribution in [0, 0.1) is 17.8 Å². The van der Waals surface area contributed by atoms with E-state index < -0.39 is 17.7 Å². The molecule has 4 atom stereocenters. The summed E-state index contributed by atoms with van der Waals surface area (Å²) >= 11 is 0. The van der Waals surface area contributed by atoms with E-state index >= 15 is 0 Å². The van der Waals surface area contributed by atoms with Gasteiger partial charge in [-0.2, -0.15) is 0 Å². The zero-order valence-corrected chi connectivity index (χ0v) is 17.1. The number of Topliss-reactive ketones (excluding diaryl/α,β-unsaturated/α-hetero) is 1. The van der Waals surface area contributed by atoms with Gasteiger partial charge in [0.15, 0.2) is 6.10 Å². The van der Waals surface area contributed by atoms with Crippen LogP contribution in [0.2, 0.25) is 0 Å². The summed E-state index contributed by atoms with van der Waals surface area (Å²) in [5, 5.41) is 28.9. The Morgan fingerprint density at radius 2 is 2.00 bits per heavy atom. The maximum Gasteiger partial charge on any atom is 0.332 e. The molecule has 0 radical (unpaired) electrons. The first-order valence-corrected chi connectivity index (χ1v) is 10.8. The van der Waals surface area contributed by atoms with Crippen molar-refractivity contribution >= 4 is 11.8 Å². The van der Waals surface area contributed by atoms with Crippen molar-refractivity contribution in [2.24, 2.45) is 17.8 Å². The molecular weight excluding hydrogens is 356 g/mol. The number of rotatable bonds is 13. The summed E-state index contributed by atoms with van der Waals surface area (Å²) in [6, 6.07) is 0. The van der Waals surface area contributed by atoms with Crippen LogP contribution in [-0.2, 0) is 9.59 Å². The lowest BCUT2D eigenvalue weighted by Gasteiger charge is -2.27. The fraction of sp³-hybridized carbons (Fsp3) is 0.739. The largest absolute Gasteiger partial charge is 0.479 e. The van der Waals surface area contributed by atoms with Crippen molar-refractivity contribution in [3.63, 3.8) is 0 Å². The number of ketones is 1. The molecule has 0 saturated heterocycles. The Labute approximate surface area is 168 Å². The SMILES string of the molecule is CCCCC(O)(CC=C[C@H]1CCC(=O)[C@@H]1CC=CCCC(O)C(=O)O)C1CC1. The minimum absolute atomic E-state index is 0.0263. The van der Waals surface area contributed by atoms with Crippen molar-refractivity contribution in [2.75, 3.05) is 0 Å². The molecule has 28 heavy (non-hydrogen) atoms. The van der Waals surface area contributed by atoms with E-state index in [1.165, 1.54) is 0 Å². The molecule has 2 unspecified atom stereocenters. The highest BCUT2D eigenvalue weighted by Gasteiger charge is 2.42. The molecule has 0 aromatic heterocycles. The summed E-state index contributed by atoms with van der Waals surface area (Å²) in [4.78, 5) is 22.8. The molecule has 5 nitrogen and oxygen atoms in total. The van der Waals surface area contributed by atoms with E-state index in [0.29, 0.717) is 31.6 Å². The van der Waals surface area contributed by atoms with Crippen LogP contribution in [0.15, 0.2) is 24.3 Å². The highest BCUT2D eigenvalue weighted by molar-refractivity contribution is 5.83. The Morgan fingerprint density at radius 1 is 1.25 bits per heavy atom. The average Bonchev–Trinajstić information content (AvgIpc) is 3.46. The van der Waals surface area contributed by atoms with Crippen LogP contribution < -0.4 is 0 Å². The van der Waals surface area contributed by atoms with Crippen molar-refractivity contribution < 1.29 is 24.9 Å². The second-order valence-electron chi connectivity index (χ2n) is 8.53. The lowest BCUT2D eigenvalue weighted by atomic mass is 9.86. The smallest absolute Gasteiger partial charge is 0.332 e. The van der Waals surface area contributed by atoms with Crippen LogP contribution in [0.25, 0.3) is 0 Å². The molecule has 3 N–H and O–H groups in total. The third kappa shape index (κ3) is 6.85. The first kappa shape index (κ1) is 22.8. The quantitative estimate of drug-likeness (QED) is 0.411. The maximum atomic E-state index is 12.2. The predicted molar refractivity (Wildman–Crippen MR) is 109 cm³/mol. The summed E-state index contributed by atoms with van der Waals surface area (Å²) in [5.74, 6) is -0.283. The van der Waals surface area contributed by atoms with Crippen molar-refractivity contribution in [1.29, 1.82) is 0 Å². The van der Waals surface area contributed by atoms with Crippen LogP contribution >= 0.6 is 0 Å². The van der Waals surface area contributed by atoms with Gasteiger partial charge in [0.2, 0.25) is 0 Å². The number of carboxylic acids is 1. The first-order chi connectivity index (χ1) is 13.4. The number of hydrogen-bond acceptors (Lipinski definition) is 4. The molecule has 0 heterocycles. The van der Waals surface area contributed by atoms with E-state index in [4.69, 9.17) is 5.11 Å². The lowest BCUT2D eigenvalue weighted by molar-refractivity contribution is -0.146. The van der Waals surface area contributed by atoms with E-state index in [1.54, 1.807) is 0 Å². The lowest BCUT2D eigenvalue weighted by Crippen LogP contribution is -2.30. The van der Waals surface area contributed by atoms with Gasteiger partial charge in [-0.1, -0.05) is 44.1 Å². The normalized spacial score (nSPS) is 26.2. The standard InChI is InChI=1S/C23H36O5/c1-2-3-15-23(28,18-12-13-18)16-7-8-17-11-14-20(24)19(17)9-5-4-6-10-21(25)22(26)27/h4-5,7-8,17-19,21,25,28H,2-3,6,9-16H2,1H3,(H,26,27)/t17-,19+,21?,23?/m0/s1. The molecule has 0 aromatic rings. The molecule has 0 aromatic carbocycles. The van der Waals surface area contributed by atoms with Gasteiger partial charge in [-0.25, -0.2) is 4.79 Å². The molecule has 0 amide bonds. The third-order valence-corrected chi connectivity index (χ3v) is 6.26. The van der Waals surface area contributed by atoms with E-state index in [-0.39, 0.29) is 24.0 Å². The Kier molecular flexibility index (Phi) is 8.90. The van der Waals surface area contributed by atoms with Crippen molar-refractivity contribution in [1.82, 2.24) is 0 Å². The molecule has 0 aliphatic heterocycles. The summed E-state index contributed by atoms with van der Waals surface area (Å²) in [5.41, 5.74) is -0.574. The van der Waals surface area contributed by atoms with E-state index in [0.717, 1.165) is 38.5 Å². The Hall–Kier alpha value is -1.46. The molecule has 5 heteroatoms. The van der Waals surface area contributed by atoms with Crippen molar-refractivity contribution in [2.45, 2.75) is 89.3 Å². The van der Waals surface area contributed by atoms with Gasteiger partial charge in [0.05, 0.1) is 5.60 Å². The van der Waals surface area contributed by atoms with Gasteiger partial charge in [-0.3, -0.25) is 4.79 Å². The number of hydrogen-bond donors (Lipinski definition) is 3. The molecule has 0 bridgehead atoms. The number of aliphatic hydroxyl groups excluding tert-OH is 1. The van der Waals surface area contributed by atoms with Gasteiger partial charge in [0.25, 0.3) is 0 Å². The van der Waals surface area contributed by atoms with Gasteiger partial charge >= 0.3 is 5.97 Å². The van der Waals surface area contributed by atoms with Gasteiger partial charge in [-0.05, 0) is 63.2 Å². The predicted octanol–water partition coefficient (Wildman–Crippen LogP) is 4.03. The van der Waals surface area contributed by atoms with Gasteiger partial charge in [0, 0.05) is 12.3 Å². The van der Waals surface area contributed by atoms with Crippen LogP contribution in [0.4, 0.5) is 0 Å². The number of aliphatic hydroxyl groups is 2. The molecule has 2 fully saturated rings. The second kappa shape index (κ2) is 10.9. The first-order valence-electron chi connectivity index (χ1n) is 10.8. The maximum absolute atomic E-state index is 12.2. The van der Waals surface area contributed by atoms with Gasteiger partial charge in [-0.15, -0.1) is 0 Å². The van der Waals surface area contributed by atoms with Crippen molar-refractivity contribution in [3.05, 3.63) is 24.3 Å². The van der Waals surface area contributed by atoms with Gasteiger partial charge in [0.1, 0.15) is 5.78 Å². The minimum Gasteiger partial charge on any atom is -0.479 e.